The Hall–Kier alpha value is -3.16. The van der Waals surface area contributed by atoms with Crippen molar-refractivity contribution >= 4 is 17.6 Å². The zero-order valence-electron chi connectivity index (χ0n) is 18.7. The Morgan fingerprint density at radius 1 is 1.12 bits per heavy atom. The van der Waals surface area contributed by atoms with Crippen LogP contribution >= 0.6 is 11.6 Å². The lowest BCUT2D eigenvalue weighted by Gasteiger charge is -2.14. The molecule has 0 amide bonds. The van der Waals surface area contributed by atoms with Crippen molar-refractivity contribution in [3.05, 3.63) is 81.4 Å². The fourth-order valence-electron chi connectivity index (χ4n) is 3.44. The molecule has 0 aliphatic carbocycles. The lowest BCUT2D eigenvalue weighted by Crippen LogP contribution is -2.27. The quantitative estimate of drug-likeness (QED) is 0.451. The van der Waals surface area contributed by atoms with Gasteiger partial charge in [0.15, 0.2) is 6.10 Å². The first-order chi connectivity index (χ1) is 15.9. The van der Waals surface area contributed by atoms with Crippen molar-refractivity contribution in [1.82, 2.24) is 9.55 Å². The van der Waals surface area contributed by atoms with Crippen molar-refractivity contribution in [2.45, 2.75) is 39.3 Å². The summed E-state index contributed by atoms with van der Waals surface area (Å²) in [5.41, 5.74) is 2.16. The number of halogens is 1. The molecule has 174 valence electrons. The van der Waals surface area contributed by atoms with Crippen LogP contribution < -0.4 is 10.3 Å². The number of carboxylic acid groups (broad SMARTS) is 1. The lowest BCUT2D eigenvalue weighted by molar-refractivity contribution is -0.149. The summed E-state index contributed by atoms with van der Waals surface area (Å²) < 4.78 is 12.7. The molecule has 0 fully saturated rings. The van der Waals surface area contributed by atoms with Gasteiger partial charge in [-0.05, 0) is 36.8 Å². The number of aryl methyl sites for hydroxylation is 1. The number of carboxylic acids is 1. The lowest BCUT2D eigenvalue weighted by atomic mass is 10.1. The number of nitrogens with zero attached hydrogens (tertiary/aromatic N) is 2. The van der Waals surface area contributed by atoms with Crippen molar-refractivity contribution in [2.75, 3.05) is 13.2 Å². The van der Waals surface area contributed by atoms with Crippen LogP contribution in [0.1, 0.15) is 25.2 Å². The number of aromatic nitrogens is 2. The predicted molar refractivity (Wildman–Crippen MR) is 127 cm³/mol. The predicted octanol–water partition coefficient (Wildman–Crippen LogP) is 4.24. The van der Waals surface area contributed by atoms with Gasteiger partial charge in [-0.1, -0.05) is 42.8 Å². The molecule has 0 saturated heterocycles. The van der Waals surface area contributed by atoms with Crippen LogP contribution in [0.15, 0.2) is 59.4 Å². The summed E-state index contributed by atoms with van der Waals surface area (Å²) >= 11 is 5.95. The average molecular weight is 471 g/mol. The third-order valence-corrected chi connectivity index (χ3v) is 5.37. The van der Waals surface area contributed by atoms with Crippen LogP contribution in [0.25, 0.3) is 11.3 Å². The van der Waals surface area contributed by atoms with E-state index < -0.39 is 12.1 Å². The number of benzene rings is 2. The molecule has 33 heavy (non-hydrogen) atoms. The Morgan fingerprint density at radius 3 is 2.42 bits per heavy atom. The van der Waals surface area contributed by atoms with Gasteiger partial charge in [-0.15, -0.1) is 0 Å². The van der Waals surface area contributed by atoms with Gasteiger partial charge in [0.25, 0.3) is 5.56 Å². The maximum absolute atomic E-state index is 12.7. The van der Waals surface area contributed by atoms with E-state index in [1.54, 1.807) is 35.8 Å². The molecule has 7 nitrogen and oxygen atoms in total. The first-order valence-corrected chi connectivity index (χ1v) is 11.2. The number of carbonyl (C=O) groups is 1. The minimum atomic E-state index is -0.981. The molecular weight excluding hydrogens is 444 g/mol. The Balaban J connectivity index is 1.63. The normalized spacial score (nSPS) is 11.8. The van der Waals surface area contributed by atoms with E-state index in [0.29, 0.717) is 48.5 Å². The van der Waals surface area contributed by atoms with Crippen LogP contribution in [0, 0.1) is 0 Å². The molecule has 0 bridgehead atoms. The monoisotopic (exact) mass is 470 g/mol. The molecule has 2 aromatic carbocycles. The van der Waals surface area contributed by atoms with Gasteiger partial charge in [-0.3, -0.25) is 9.36 Å². The highest BCUT2D eigenvalue weighted by Crippen LogP contribution is 2.19. The van der Waals surface area contributed by atoms with Crippen LogP contribution in [-0.4, -0.2) is 39.9 Å². The summed E-state index contributed by atoms with van der Waals surface area (Å²) in [5, 5.41) is 9.84. The first-order valence-electron chi connectivity index (χ1n) is 10.8. The second-order valence-corrected chi connectivity index (χ2v) is 7.82. The standard InChI is InChI=1S/C25H27ClN2O5/c1-3-23-27-21(18-7-9-19(26)10-8-18)16-24(29)28(23)13-14-33-20-11-5-17(6-12-20)15-22(25(30)31)32-4-2/h5-12,16,22H,3-4,13-15H2,1-2H3,(H,30,31). The Bertz CT molecular complexity index is 1130. The van der Waals surface area contributed by atoms with E-state index in [-0.39, 0.29) is 12.0 Å². The number of rotatable bonds is 11. The Morgan fingerprint density at radius 2 is 1.82 bits per heavy atom. The summed E-state index contributed by atoms with van der Waals surface area (Å²) in [5.74, 6) is 0.339. The number of aliphatic carboxylic acids is 1. The van der Waals surface area contributed by atoms with Gasteiger partial charge in [0.2, 0.25) is 0 Å². The average Bonchev–Trinajstić information content (AvgIpc) is 2.81. The van der Waals surface area contributed by atoms with E-state index in [9.17, 15) is 14.7 Å². The third kappa shape index (κ3) is 6.66. The van der Waals surface area contributed by atoms with Gasteiger partial charge in [0.1, 0.15) is 18.2 Å². The van der Waals surface area contributed by atoms with Crippen molar-refractivity contribution in [2.24, 2.45) is 0 Å². The molecule has 3 rings (SSSR count). The molecule has 0 aliphatic rings. The van der Waals surface area contributed by atoms with E-state index in [1.807, 2.05) is 31.2 Å². The topological polar surface area (TPSA) is 90.7 Å². The van der Waals surface area contributed by atoms with Gasteiger partial charge in [0, 0.05) is 36.1 Å². The van der Waals surface area contributed by atoms with Gasteiger partial charge < -0.3 is 14.6 Å². The number of hydrogen-bond acceptors (Lipinski definition) is 5. The Kier molecular flexibility index (Phi) is 8.63. The molecule has 1 atom stereocenters. The largest absolute Gasteiger partial charge is 0.492 e. The van der Waals surface area contributed by atoms with E-state index in [4.69, 9.17) is 21.1 Å². The summed E-state index contributed by atoms with van der Waals surface area (Å²) in [6, 6.07) is 15.9. The molecule has 0 saturated carbocycles. The minimum Gasteiger partial charge on any atom is -0.492 e. The van der Waals surface area contributed by atoms with Crippen molar-refractivity contribution in [3.8, 4) is 17.0 Å². The zero-order chi connectivity index (χ0) is 23.8. The maximum Gasteiger partial charge on any atom is 0.333 e. The number of ether oxygens (including phenoxy) is 2. The van der Waals surface area contributed by atoms with Crippen LogP contribution in [-0.2, 0) is 28.9 Å². The fraction of sp³-hybridized carbons (Fsp3) is 0.320. The van der Waals surface area contributed by atoms with Gasteiger partial charge >= 0.3 is 5.97 Å². The summed E-state index contributed by atoms with van der Waals surface area (Å²) in [6.07, 6.45) is 0.0183. The molecule has 1 heterocycles. The SMILES string of the molecule is CCOC(Cc1ccc(OCCn2c(CC)nc(-c3ccc(Cl)cc3)cc2=O)cc1)C(=O)O. The van der Waals surface area contributed by atoms with Gasteiger partial charge in [0.05, 0.1) is 12.2 Å². The van der Waals surface area contributed by atoms with E-state index in [0.717, 1.165) is 11.1 Å². The van der Waals surface area contributed by atoms with Crippen molar-refractivity contribution < 1.29 is 19.4 Å². The minimum absolute atomic E-state index is 0.138. The van der Waals surface area contributed by atoms with E-state index >= 15 is 0 Å². The summed E-state index contributed by atoms with van der Waals surface area (Å²) in [4.78, 5) is 28.6. The third-order valence-electron chi connectivity index (χ3n) is 5.11. The molecule has 0 aliphatic heterocycles. The molecule has 3 aromatic rings. The van der Waals surface area contributed by atoms with Crippen molar-refractivity contribution in [1.29, 1.82) is 0 Å². The molecule has 0 radical (unpaired) electrons. The Labute approximate surface area is 197 Å². The first kappa shape index (κ1) is 24.5. The second kappa shape index (κ2) is 11.6. The summed E-state index contributed by atoms with van der Waals surface area (Å²) in [7, 11) is 0. The maximum atomic E-state index is 12.7. The molecule has 8 heteroatoms. The highest BCUT2D eigenvalue weighted by Gasteiger charge is 2.17. The molecular formula is C25H27ClN2O5. The molecule has 0 spiro atoms. The second-order valence-electron chi connectivity index (χ2n) is 7.39. The zero-order valence-corrected chi connectivity index (χ0v) is 19.4. The highest BCUT2D eigenvalue weighted by molar-refractivity contribution is 6.30. The van der Waals surface area contributed by atoms with Crippen LogP contribution in [0.5, 0.6) is 5.75 Å². The van der Waals surface area contributed by atoms with Gasteiger partial charge in [-0.25, -0.2) is 9.78 Å². The molecule has 1 unspecified atom stereocenters. The summed E-state index contributed by atoms with van der Waals surface area (Å²) in [6.45, 7) is 4.72. The highest BCUT2D eigenvalue weighted by atomic mass is 35.5. The van der Waals surface area contributed by atoms with Crippen LogP contribution in [0.2, 0.25) is 5.02 Å². The number of hydrogen-bond donors (Lipinski definition) is 1. The van der Waals surface area contributed by atoms with Gasteiger partial charge in [-0.2, -0.15) is 0 Å². The van der Waals surface area contributed by atoms with E-state index in [1.165, 1.54) is 6.07 Å². The van der Waals surface area contributed by atoms with Crippen LogP contribution in [0.3, 0.4) is 0 Å². The van der Waals surface area contributed by atoms with E-state index in [2.05, 4.69) is 4.98 Å². The smallest absolute Gasteiger partial charge is 0.333 e. The molecule has 1 aromatic heterocycles. The molecule has 1 N–H and O–H groups in total. The fourth-order valence-corrected chi connectivity index (χ4v) is 3.57. The van der Waals surface area contributed by atoms with Crippen LogP contribution in [0.4, 0.5) is 0 Å². The van der Waals surface area contributed by atoms with Crippen molar-refractivity contribution in [3.63, 3.8) is 0 Å².